The van der Waals surface area contributed by atoms with Crippen LogP contribution < -0.4 is 20.5 Å². The molecule has 1 unspecified atom stereocenters. The van der Waals surface area contributed by atoms with Crippen LogP contribution in [0.15, 0.2) is 42.5 Å². The Kier molecular flexibility index (Phi) is 6.00. The Morgan fingerprint density at radius 3 is 2.36 bits per heavy atom. The van der Waals surface area contributed by atoms with Crippen LogP contribution in [0, 0.1) is 6.92 Å². The van der Waals surface area contributed by atoms with Gasteiger partial charge in [-0.1, -0.05) is 24.3 Å². The van der Waals surface area contributed by atoms with Gasteiger partial charge in [-0.25, -0.2) is 0 Å². The van der Waals surface area contributed by atoms with Crippen molar-refractivity contribution in [3.8, 4) is 11.5 Å². The molecule has 0 radical (unpaired) electrons. The van der Waals surface area contributed by atoms with E-state index in [1.165, 1.54) is 7.11 Å². The molecule has 2 aromatic rings. The Morgan fingerprint density at radius 1 is 1.08 bits per heavy atom. The van der Waals surface area contributed by atoms with Crippen molar-refractivity contribution < 1.29 is 19.1 Å². The smallest absolute Gasteiger partial charge is 0.252 e. The van der Waals surface area contributed by atoms with E-state index in [0.717, 1.165) is 5.56 Å². The van der Waals surface area contributed by atoms with Crippen LogP contribution >= 0.6 is 0 Å². The largest absolute Gasteiger partial charge is 0.493 e. The molecule has 3 N–H and O–H groups in total. The van der Waals surface area contributed by atoms with Crippen LogP contribution in [-0.4, -0.2) is 26.0 Å². The van der Waals surface area contributed by atoms with E-state index in [-0.39, 0.29) is 12.3 Å². The van der Waals surface area contributed by atoms with Gasteiger partial charge >= 0.3 is 0 Å². The lowest BCUT2D eigenvalue weighted by Gasteiger charge is -2.20. The molecule has 0 aliphatic carbocycles. The van der Waals surface area contributed by atoms with Gasteiger partial charge in [-0.2, -0.15) is 0 Å². The monoisotopic (exact) mass is 342 g/mol. The number of rotatable bonds is 7. The first-order valence-corrected chi connectivity index (χ1v) is 7.83. The number of ether oxygens (including phenoxy) is 2. The quantitative estimate of drug-likeness (QED) is 0.808. The first-order chi connectivity index (χ1) is 12.0. The van der Waals surface area contributed by atoms with Gasteiger partial charge < -0.3 is 20.5 Å². The SMILES string of the molecule is COc1ccc(C(CC(N)=O)NC(=O)c2ccccc2C)cc1OC. The number of nitrogens with one attached hydrogen (secondary N) is 1. The topological polar surface area (TPSA) is 90.6 Å². The average Bonchev–Trinajstić information content (AvgIpc) is 2.60. The maximum Gasteiger partial charge on any atom is 0.252 e. The number of hydrogen-bond acceptors (Lipinski definition) is 4. The molecule has 0 aliphatic heterocycles. The fraction of sp³-hybridized carbons (Fsp3) is 0.263. The predicted molar refractivity (Wildman–Crippen MR) is 94.7 cm³/mol. The van der Waals surface area contributed by atoms with E-state index in [9.17, 15) is 9.59 Å². The normalized spacial score (nSPS) is 11.5. The predicted octanol–water partition coefficient (Wildman–Crippen LogP) is 2.36. The minimum atomic E-state index is -0.565. The zero-order chi connectivity index (χ0) is 18.4. The molecule has 132 valence electrons. The van der Waals surface area contributed by atoms with E-state index < -0.39 is 11.9 Å². The molecule has 0 saturated heterocycles. The molecule has 6 heteroatoms. The van der Waals surface area contributed by atoms with Crippen molar-refractivity contribution >= 4 is 11.8 Å². The van der Waals surface area contributed by atoms with E-state index in [1.807, 2.05) is 19.1 Å². The Balaban J connectivity index is 2.32. The van der Waals surface area contributed by atoms with Crippen molar-refractivity contribution in [3.63, 3.8) is 0 Å². The van der Waals surface area contributed by atoms with Crippen molar-refractivity contribution in [3.05, 3.63) is 59.2 Å². The maximum atomic E-state index is 12.6. The summed E-state index contributed by atoms with van der Waals surface area (Å²) in [5.74, 6) is 0.304. The Hall–Kier alpha value is -3.02. The van der Waals surface area contributed by atoms with Gasteiger partial charge in [-0.3, -0.25) is 9.59 Å². The first kappa shape index (κ1) is 18.3. The lowest BCUT2D eigenvalue weighted by Crippen LogP contribution is -2.32. The maximum absolute atomic E-state index is 12.6. The second-order valence-corrected chi connectivity index (χ2v) is 5.63. The third-order valence-electron chi connectivity index (χ3n) is 3.91. The zero-order valence-corrected chi connectivity index (χ0v) is 14.5. The molecule has 2 amide bonds. The molecule has 0 aromatic heterocycles. The van der Waals surface area contributed by atoms with Gasteiger partial charge in [0.2, 0.25) is 5.91 Å². The van der Waals surface area contributed by atoms with E-state index in [0.29, 0.717) is 22.6 Å². The van der Waals surface area contributed by atoms with Crippen molar-refractivity contribution in [2.45, 2.75) is 19.4 Å². The molecule has 0 bridgehead atoms. The molecule has 2 aromatic carbocycles. The van der Waals surface area contributed by atoms with Crippen LogP contribution in [-0.2, 0) is 4.79 Å². The minimum absolute atomic E-state index is 0.0207. The van der Waals surface area contributed by atoms with Gasteiger partial charge in [0.05, 0.1) is 26.7 Å². The second kappa shape index (κ2) is 8.19. The Morgan fingerprint density at radius 2 is 1.76 bits per heavy atom. The third kappa shape index (κ3) is 4.50. The van der Waals surface area contributed by atoms with Gasteiger partial charge in [0.25, 0.3) is 5.91 Å². The molecule has 6 nitrogen and oxygen atoms in total. The first-order valence-electron chi connectivity index (χ1n) is 7.83. The van der Waals surface area contributed by atoms with Crippen molar-refractivity contribution in [1.29, 1.82) is 0 Å². The van der Waals surface area contributed by atoms with E-state index >= 15 is 0 Å². The Bertz CT molecular complexity index is 774. The van der Waals surface area contributed by atoms with Crippen LogP contribution in [0.2, 0.25) is 0 Å². The molecule has 0 aliphatic rings. The highest BCUT2D eigenvalue weighted by Gasteiger charge is 2.20. The second-order valence-electron chi connectivity index (χ2n) is 5.63. The summed E-state index contributed by atoms with van der Waals surface area (Å²) in [6.07, 6.45) is -0.0207. The van der Waals surface area contributed by atoms with Crippen molar-refractivity contribution in [2.24, 2.45) is 5.73 Å². The highest BCUT2D eigenvalue weighted by atomic mass is 16.5. The minimum Gasteiger partial charge on any atom is -0.493 e. The van der Waals surface area contributed by atoms with Gasteiger partial charge in [-0.05, 0) is 36.2 Å². The van der Waals surface area contributed by atoms with Gasteiger partial charge in [0, 0.05) is 5.56 Å². The van der Waals surface area contributed by atoms with Gasteiger partial charge in [0.15, 0.2) is 11.5 Å². The number of nitrogens with two attached hydrogens (primary N) is 1. The molecule has 0 spiro atoms. The number of aryl methyl sites for hydroxylation is 1. The van der Waals surface area contributed by atoms with E-state index in [2.05, 4.69) is 5.32 Å². The Labute approximate surface area is 146 Å². The van der Waals surface area contributed by atoms with Gasteiger partial charge in [0.1, 0.15) is 0 Å². The van der Waals surface area contributed by atoms with Gasteiger partial charge in [-0.15, -0.1) is 0 Å². The van der Waals surface area contributed by atoms with Crippen LogP contribution in [0.1, 0.15) is 33.9 Å². The summed E-state index contributed by atoms with van der Waals surface area (Å²) < 4.78 is 10.5. The number of amides is 2. The molecule has 0 saturated carbocycles. The van der Waals surface area contributed by atoms with Crippen molar-refractivity contribution in [1.82, 2.24) is 5.32 Å². The summed E-state index contributed by atoms with van der Waals surface area (Å²) in [4.78, 5) is 24.0. The van der Waals surface area contributed by atoms with Crippen molar-refractivity contribution in [2.75, 3.05) is 14.2 Å². The fourth-order valence-electron chi connectivity index (χ4n) is 2.59. The molecular formula is C19H22N2O4. The van der Waals surface area contributed by atoms with Crippen LogP contribution in [0.3, 0.4) is 0 Å². The molecule has 2 rings (SSSR count). The standard InChI is InChI=1S/C19H22N2O4/c1-12-6-4-5-7-14(12)19(23)21-15(11-18(20)22)13-8-9-16(24-2)17(10-13)25-3/h4-10,15H,11H2,1-3H3,(H2,20,22)(H,21,23). The van der Waals surface area contributed by atoms with E-state index in [4.69, 9.17) is 15.2 Å². The lowest BCUT2D eigenvalue weighted by molar-refractivity contribution is -0.118. The number of benzene rings is 2. The third-order valence-corrected chi connectivity index (χ3v) is 3.91. The van der Waals surface area contributed by atoms with Crippen LogP contribution in [0.5, 0.6) is 11.5 Å². The number of methoxy groups -OCH3 is 2. The summed E-state index contributed by atoms with van der Waals surface area (Å²) in [6, 6.07) is 11.9. The highest BCUT2D eigenvalue weighted by molar-refractivity contribution is 5.96. The molecular weight excluding hydrogens is 320 g/mol. The average molecular weight is 342 g/mol. The summed E-state index contributed by atoms with van der Waals surface area (Å²) >= 11 is 0. The molecule has 25 heavy (non-hydrogen) atoms. The lowest BCUT2D eigenvalue weighted by atomic mass is 10.0. The molecule has 0 fully saturated rings. The number of primary amides is 1. The van der Waals surface area contributed by atoms with Crippen LogP contribution in [0.4, 0.5) is 0 Å². The highest BCUT2D eigenvalue weighted by Crippen LogP contribution is 2.31. The van der Waals surface area contributed by atoms with E-state index in [1.54, 1.807) is 37.4 Å². The number of carbonyl (C=O) groups excluding carboxylic acids is 2. The summed E-state index contributed by atoms with van der Waals surface area (Å²) in [6.45, 7) is 1.86. The fourth-order valence-corrected chi connectivity index (χ4v) is 2.59. The summed E-state index contributed by atoms with van der Waals surface area (Å²) in [5.41, 5.74) is 7.47. The van der Waals surface area contributed by atoms with Crippen LogP contribution in [0.25, 0.3) is 0 Å². The zero-order valence-electron chi connectivity index (χ0n) is 14.5. The number of carbonyl (C=O) groups is 2. The molecule has 1 atom stereocenters. The molecule has 0 heterocycles. The summed E-state index contributed by atoms with van der Waals surface area (Å²) in [7, 11) is 3.06. The summed E-state index contributed by atoms with van der Waals surface area (Å²) in [5, 5.41) is 2.87. The number of hydrogen-bond donors (Lipinski definition) is 2.